The molecule has 13 rings (SSSR count). The van der Waals surface area contributed by atoms with Crippen LogP contribution >= 0.6 is 0 Å². The number of hydrogen-bond donors (Lipinski definition) is 0. The average Bonchev–Trinajstić information content (AvgIpc) is 3.67. The molecule has 0 bridgehead atoms. The maximum absolute atomic E-state index is 5.70. The van der Waals surface area contributed by atoms with Crippen molar-refractivity contribution in [2.75, 3.05) is 0 Å². The van der Waals surface area contributed by atoms with Gasteiger partial charge in [0, 0.05) is 38.2 Å². The molecule has 0 unspecified atom stereocenters. The highest BCUT2D eigenvalue weighted by Crippen LogP contribution is 2.59. The van der Waals surface area contributed by atoms with Crippen molar-refractivity contribution >= 4 is 54.3 Å². The lowest BCUT2D eigenvalue weighted by Crippen LogP contribution is -2.28. The van der Waals surface area contributed by atoms with Gasteiger partial charge >= 0.3 is 0 Å². The number of fused-ring (bicyclic) bond motifs is 11. The van der Waals surface area contributed by atoms with Crippen molar-refractivity contribution in [3.05, 3.63) is 247 Å². The molecule has 0 N–H and O–H groups in total. The Balaban J connectivity index is 1.04. The topological polar surface area (TPSA) is 38.7 Å². The van der Waals surface area contributed by atoms with Gasteiger partial charge in [-0.1, -0.05) is 206 Å². The fourth-order valence-corrected chi connectivity index (χ4v) is 10.6. The van der Waals surface area contributed by atoms with Crippen molar-refractivity contribution < 1.29 is 0 Å². The van der Waals surface area contributed by atoms with E-state index in [1.165, 1.54) is 44.2 Å². The van der Waals surface area contributed by atoms with Gasteiger partial charge in [0.1, 0.15) is 0 Å². The van der Waals surface area contributed by atoms with Crippen LogP contribution in [0, 0.1) is 0 Å². The monoisotopic (exact) mass is 799 g/mol. The van der Waals surface area contributed by atoms with Crippen molar-refractivity contribution in [1.29, 1.82) is 0 Å². The first-order chi connectivity index (χ1) is 31.3. The van der Waals surface area contributed by atoms with Gasteiger partial charge in [0.2, 0.25) is 0 Å². The van der Waals surface area contributed by atoms with E-state index in [0.29, 0.717) is 0 Å². The van der Waals surface area contributed by atoms with Crippen LogP contribution < -0.4 is 0 Å². The molecule has 9 aromatic carbocycles. The van der Waals surface area contributed by atoms with E-state index in [2.05, 4.69) is 218 Å². The van der Waals surface area contributed by atoms with E-state index in [9.17, 15) is 0 Å². The third kappa shape index (κ3) is 5.23. The van der Waals surface area contributed by atoms with Crippen molar-refractivity contribution in [3.8, 4) is 44.9 Å². The summed E-state index contributed by atoms with van der Waals surface area (Å²) in [5.41, 5.74) is 15.9. The number of nitrogens with zero attached hydrogens (tertiary/aromatic N) is 3. The third-order valence-corrected chi connectivity index (χ3v) is 13.3. The van der Waals surface area contributed by atoms with Crippen LogP contribution in [0.4, 0.5) is 0 Å². The van der Waals surface area contributed by atoms with Gasteiger partial charge in [-0.05, 0) is 67.7 Å². The lowest BCUT2D eigenvalue weighted by molar-refractivity contribution is 0.776. The standard InChI is InChI=1S/C60H37N3/c1-4-16-38(17-5-1)52-35-30-39-28-29-40-31-36-53(62-58(40)57(39)61-52)46-32-33-50(44-23-11-10-22-43(44)46)59-49-26-13-12-25-47(49)55-54(63-59)37-34-48-45-24-14-15-27-51(45)60(56(48)55,41-18-6-2-7-19-41)42-20-8-3-9-21-42/h1-37H. The van der Waals surface area contributed by atoms with Crippen LogP contribution in [-0.2, 0) is 5.41 Å². The second-order valence-corrected chi connectivity index (χ2v) is 16.6. The summed E-state index contributed by atoms with van der Waals surface area (Å²) in [5.74, 6) is 0. The van der Waals surface area contributed by atoms with Crippen molar-refractivity contribution in [2.45, 2.75) is 5.41 Å². The van der Waals surface area contributed by atoms with Gasteiger partial charge in [0.15, 0.2) is 0 Å². The fraction of sp³-hybridized carbons (Fsp3) is 0.0167. The smallest absolute Gasteiger partial charge is 0.0972 e. The molecule has 292 valence electrons. The summed E-state index contributed by atoms with van der Waals surface area (Å²) in [6.45, 7) is 0. The largest absolute Gasteiger partial charge is 0.247 e. The van der Waals surface area contributed by atoms with E-state index < -0.39 is 5.41 Å². The van der Waals surface area contributed by atoms with Crippen LogP contribution in [0.25, 0.3) is 99.2 Å². The quantitative estimate of drug-likeness (QED) is 0.163. The van der Waals surface area contributed by atoms with Crippen LogP contribution in [-0.4, -0.2) is 15.0 Å². The normalized spacial score (nSPS) is 12.9. The number of aromatic nitrogens is 3. The lowest BCUT2D eigenvalue weighted by atomic mass is 9.66. The number of benzene rings is 9. The highest BCUT2D eigenvalue weighted by Gasteiger charge is 2.47. The first-order valence-electron chi connectivity index (χ1n) is 21.6. The van der Waals surface area contributed by atoms with E-state index in [4.69, 9.17) is 15.0 Å². The second-order valence-electron chi connectivity index (χ2n) is 16.6. The second kappa shape index (κ2) is 13.9. The Morgan fingerprint density at radius 3 is 1.52 bits per heavy atom. The molecule has 1 aliphatic carbocycles. The van der Waals surface area contributed by atoms with Crippen molar-refractivity contribution in [2.24, 2.45) is 0 Å². The molecule has 1 aliphatic rings. The summed E-state index contributed by atoms with van der Waals surface area (Å²) in [4.78, 5) is 16.3. The molecule has 0 atom stereocenters. The molecule has 0 fully saturated rings. The molecule has 0 spiro atoms. The first kappa shape index (κ1) is 35.5. The fourth-order valence-electron chi connectivity index (χ4n) is 10.6. The summed E-state index contributed by atoms with van der Waals surface area (Å²) in [6.07, 6.45) is 0. The SMILES string of the molecule is c1ccc(-c2ccc3ccc4ccc(-c5ccc(-c6nc7ccc8c(c7c7ccccc67)C(c6ccccc6)(c6ccccc6)c6ccccc6-8)c6ccccc56)nc4c3n2)cc1. The molecule has 0 amide bonds. The predicted octanol–water partition coefficient (Wildman–Crippen LogP) is 15.0. The Labute approximate surface area is 364 Å². The summed E-state index contributed by atoms with van der Waals surface area (Å²) in [6, 6.07) is 80.9. The Morgan fingerprint density at radius 1 is 0.317 bits per heavy atom. The zero-order valence-corrected chi connectivity index (χ0v) is 34.2. The maximum Gasteiger partial charge on any atom is 0.0972 e. The van der Waals surface area contributed by atoms with Gasteiger partial charge in [-0.25, -0.2) is 15.0 Å². The van der Waals surface area contributed by atoms with E-state index in [0.717, 1.165) is 77.3 Å². The predicted molar refractivity (Wildman–Crippen MR) is 261 cm³/mol. The molecule has 0 radical (unpaired) electrons. The summed E-state index contributed by atoms with van der Waals surface area (Å²) in [5, 5.41) is 7.90. The van der Waals surface area contributed by atoms with Crippen molar-refractivity contribution in [1.82, 2.24) is 15.0 Å². The van der Waals surface area contributed by atoms with Gasteiger partial charge < -0.3 is 0 Å². The molecular weight excluding hydrogens is 763 g/mol. The minimum atomic E-state index is -0.551. The van der Waals surface area contributed by atoms with Gasteiger partial charge in [-0.15, -0.1) is 0 Å². The van der Waals surface area contributed by atoms with Crippen LogP contribution in [0.5, 0.6) is 0 Å². The molecule has 63 heavy (non-hydrogen) atoms. The zero-order chi connectivity index (χ0) is 41.5. The Morgan fingerprint density at radius 2 is 0.825 bits per heavy atom. The molecule has 12 aromatic rings. The minimum Gasteiger partial charge on any atom is -0.247 e. The van der Waals surface area contributed by atoms with Crippen molar-refractivity contribution in [3.63, 3.8) is 0 Å². The molecular formula is C60H37N3. The average molecular weight is 800 g/mol. The first-order valence-corrected chi connectivity index (χ1v) is 21.6. The van der Waals surface area contributed by atoms with Crippen LogP contribution in [0.3, 0.4) is 0 Å². The molecule has 3 heteroatoms. The van der Waals surface area contributed by atoms with E-state index >= 15 is 0 Å². The zero-order valence-electron chi connectivity index (χ0n) is 34.2. The van der Waals surface area contributed by atoms with Crippen LogP contribution in [0.15, 0.2) is 224 Å². The molecule has 3 nitrogen and oxygen atoms in total. The molecule has 0 saturated carbocycles. The highest BCUT2D eigenvalue weighted by molar-refractivity contribution is 6.18. The van der Waals surface area contributed by atoms with E-state index in [1.807, 2.05) is 6.07 Å². The Bertz CT molecular complexity index is 3750. The van der Waals surface area contributed by atoms with E-state index in [-0.39, 0.29) is 0 Å². The van der Waals surface area contributed by atoms with Gasteiger partial charge in [-0.3, -0.25) is 0 Å². The summed E-state index contributed by atoms with van der Waals surface area (Å²) >= 11 is 0. The lowest BCUT2D eigenvalue weighted by Gasteiger charge is -2.35. The Kier molecular flexibility index (Phi) is 7.82. The summed E-state index contributed by atoms with van der Waals surface area (Å²) in [7, 11) is 0. The minimum absolute atomic E-state index is 0.551. The highest BCUT2D eigenvalue weighted by atomic mass is 14.8. The number of rotatable bonds is 5. The van der Waals surface area contributed by atoms with Gasteiger partial charge in [0.05, 0.1) is 39.0 Å². The van der Waals surface area contributed by atoms with Crippen LogP contribution in [0.1, 0.15) is 22.3 Å². The maximum atomic E-state index is 5.70. The van der Waals surface area contributed by atoms with Gasteiger partial charge in [0.25, 0.3) is 0 Å². The number of hydrogen-bond acceptors (Lipinski definition) is 3. The van der Waals surface area contributed by atoms with Crippen LogP contribution in [0.2, 0.25) is 0 Å². The molecule has 0 aliphatic heterocycles. The molecule has 3 aromatic heterocycles. The van der Waals surface area contributed by atoms with E-state index in [1.54, 1.807) is 0 Å². The summed E-state index contributed by atoms with van der Waals surface area (Å²) < 4.78 is 0. The van der Waals surface area contributed by atoms with Gasteiger partial charge in [-0.2, -0.15) is 0 Å². The number of pyridine rings is 3. The third-order valence-electron chi connectivity index (χ3n) is 13.3. The Hall–Kier alpha value is -8.27. The molecule has 0 saturated heterocycles. The molecule has 3 heterocycles.